The molecule has 0 aliphatic carbocycles. The van der Waals surface area contributed by atoms with Crippen LogP contribution in [0.5, 0.6) is 5.88 Å². The monoisotopic (exact) mass is 374 g/mol. The largest absolute Gasteiger partial charge is 0.480 e. The van der Waals surface area contributed by atoms with Crippen molar-refractivity contribution in [1.29, 1.82) is 0 Å². The molecule has 0 spiro atoms. The zero-order chi connectivity index (χ0) is 17.6. The SMILES string of the molecule is COc1ncc(-c2ccc3c(cnn3C3=CC(=O)NS3=O)c2)cc1Cl. The van der Waals surface area contributed by atoms with Crippen molar-refractivity contribution in [3.63, 3.8) is 0 Å². The number of nitrogens with one attached hydrogen (secondary N) is 1. The summed E-state index contributed by atoms with van der Waals surface area (Å²) in [5, 5.41) is 5.81. The second-order valence-corrected chi connectivity index (χ2v) is 6.83. The summed E-state index contributed by atoms with van der Waals surface area (Å²) in [4.78, 5) is 15.5. The summed E-state index contributed by atoms with van der Waals surface area (Å²) in [5.74, 6) is -0.0281. The molecule has 1 amide bonds. The van der Waals surface area contributed by atoms with E-state index in [1.165, 1.54) is 17.9 Å². The van der Waals surface area contributed by atoms with Gasteiger partial charge >= 0.3 is 0 Å². The standard InChI is InChI=1S/C16H11ClN4O3S/c1-24-16-12(17)5-10(7-18-16)9-2-3-13-11(4-9)8-19-21(13)15-6-14(22)20-25(15)23/h2-8H,1H3,(H,20,22). The number of aromatic nitrogens is 3. The van der Waals surface area contributed by atoms with Crippen molar-refractivity contribution in [2.75, 3.05) is 7.11 Å². The van der Waals surface area contributed by atoms with E-state index in [0.717, 1.165) is 22.0 Å². The number of rotatable bonds is 3. The minimum absolute atomic E-state index is 0.307. The van der Waals surface area contributed by atoms with Crippen molar-refractivity contribution >= 4 is 44.4 Å². The number of benzene rings is 1. The maximum Gasteiger partial charge on any atom is 0.258 e. The molecule has 2 aromatic heterocycles. The Morgan fingerprint density at radius 2 is 2.08 bits per heavy atom. The van der Waals surface area contributed by atoms with Gasteiger partial charge in [-0.15, -0.1) is 0 Å². The molecule has 25 heavy (non-hydrogen) atoms. The lowest BCUT2D eigenvalue weighted by Gasteiger charge is -2.06. The van der Waals surface area contributed by atoms with Gasteiger partial charge in [0.1, 0.15) is 5.02 Å². The fourth-order valence-corrected chi connectivity index (χ4v) is 3.71. The Morgan fingerprint density at radius 1 is 1.24 bits per heavy atom. The zero-order valence-electron chi connectivity index (χ0n) is 12.9. The third kappa shape index (κ3) is 2.69. The van der Waals surface area contributed by atoms with Crippen LogP contribution >= 0.6 is 11.6 Å². The summed E-state index contributed by atoms with van der Waals surface area (Å²) < 4.78 is 20.8. The first kappa shape index (κ1) is 15.8. The quantitative estimate of drug-likeness (QED) is 0.760. The van der Waals surface area contributed by atoms with E-state index in [9.17, 15) is 9.00 Å². The third-order valence-corrected chi connectivity index (χ3v) is 5.08. The van der Waals surface area contributed by atoms with Gasteiger partial charge in [-0.1, -0.05) is 17.7 Å². The molecule has 1 aromatic carbocycles. The van der Waals surface area contributed by atoms with Gasteiger partial charge in [-0.2, -0.15) is 5.10 Å². The second-order valence-electron chi connectivity index (χ2n) is 5.26. The number of fused-ring (bicyclic) bond motifs is 1. The Bertz CT molecular complexity index is 1080. The molecular weight excluding hydrogens is 364 g/mol. The van der Waals surface area contributed by atoms with E-state index in [4.69, 9.17) is 16.3 Å². The molecule has 1 N–H and O–H groups in total. The number of carbonyl (C=O) groups excluding carboxylic acids is 1. The number of amides is 1. The lowest BCUT2D eigenvalue weighted by Crippen LogP contribution is -2.17. The summed E-state index contributed by atoms with van der Waals surface area (Å²) in [7, 11) is -0.0941. The summed E-state index contributed by atoms with van der Waals surface area (Å²) >= 11 is 6.13. The van der Waals surface area contributed by atoms with Crippen molar-refractivity contribution in [2.24, 2.45) is 0 Å². The fraction of sp³-hybridized carbons (Fsp3) is 0.0625. The van der Waals surface area contributed by atoms with Crippen molar-refractivity contribution in [2.45, 2.75) is 0 Å². The normalized spacial score (nSPS) is 16.8. The topological polar surface area (TPSA) is 86.1 Å². The van der Waals surface area contributed by atoms with Gasteiger partial charge in [0.25, 0.3) is 5.91 Å². The molecule has 1 unspecified atom stereocenters. The highest BCUT2D eigenvalue weighted by atomic mass is 35.5. The molecule has 7 nitrogen and oxygen atoms in total. The molecule has 0 fully saturated rings. The van der Waals surface area contributed by atoms with E-state index in [1.807, 2.05) is 18.2 Å². The van der Waals surface area contributed by atoms with Gasteiger partial charge in [0, 0.05) is 23.2 Å². The predicted molar refractivity (Wildman–Crippen MR) is 95.1 cm³/mol. The number of pyridine rings is 1. The lowest BCUT2D eigenvalue weighted by molar-refractivity contribution is -0.114. The number of methoxy groups -OCH3 is 1. The van der Waals surface area contributed by atoms with Gasteiger partial charge in [-0.05, 0) is 23.8 Å². The minimum Gasteiger partial charge on any atom is -0.480 e. The average Bonchev–Trinajstić information content (AvgIpc) is 3.16. The van der Waals surface area contributed by atoms with Gasteiger partial charge in [-0.3, -0.25) is 9.52 Å². The Morgan fingerprint density at radius 3 is 2.76 bits per heavy atom. The highest BCUT2D eigenvalue weighted by molar-refractivity contribution is 7.93. The molecule has 9 heteroatoms. The van der Waals surface area contributed by atoms with Gasteiger partial charge in [-0.25, -0.2) is 13.9 Å². The Balaban J connectivity index is 1.78. The first-order chi connectivity index (χ1) is 12.1. The highest BCUT2D eigenvalue weighted by Gasteiger charge is 2.23. The molecule has 126 valence electrons. The maximum atomic E-state index is 11.9. The number of hydrogen-bond donors (Lipinski definition) is 1. The molecule has 0 bridgehead atoms. The lowest BCUT2D eigenvalue weighted by atomic mass is 10.1. The van der Waals surface area contributed by atoms with E-state index >= 15 is 0 Å². The van der Waals surface area contributed by atoms with Crippen LogP contribution in [0.25, 0.3) is 27.1 Å². The van der Waals surface area contributed by atoms with E-state index in [-0.39, 0.29) is 0 Å². The van der Waals surface area contributed by atoms with E-state index in [2.05, 4.69) is 14.8 Å². The van der Waals surface area contributed by atoms with Crippen molar-refractivity contribution < 1.29 is 13.7 Å². The van der Waals surface area contributed by atoms with Crippen molar-refractivity contribution in [3.8, 4) is 17.0 Å². The van der Waals surface area contributed by atoms with Crippen LogP contribution in [0, 0.1) is 0 Å². The third-order valence-electron chi connectivity index (χ3n) is 3.75. The Labute approximate surface area is 149 Å². The van der Waals surface area contributed by atoms with E-state index < -0.39 is 16.9 Å². The average molecular weight is 375 g/mol. The van der Waals surface area contributed by atoms with Gasteiger partial charge < -0.3 is 4.74 Å². The molecule has 0 saturated heterocycles. The van der Waals surface area contributed by atoms with Gasteiger partial charge in [0.15, 0.2) is 16.0 Å². The number of carbonyl (C=O) groups is 1. The predicted octanol–water partition coefficient (Wildman–Crippen LogP) is 2.35. The molecule has 3 aromatic rings. The van der Waals surface area contributed by atoms with Crippen molar-refractivity contribution in [1.82, 2.24) is 19.5 Å². The molecule has 0 saturated carbocycles. The Kier molecular flexibility index (Phi) is 3.78. The number of hydrogen-bond acceptors (Lipinski definition) is 5. The molecule has 0 radical (unpaired) electrons. The molecule has 4 rings (SSSR count). The highest BCUT2D eigenvalue weighted by Crippen LogP contribution is 2.30. The number of nitrogens with zero attached hydrogens (tertiary/aromatic N) is 3. The molecule has 1 aliphatic rings. The van der Waals surface area contributed by atoms with Crippen LogP contribution in [0.4, 0.5) is 0 Å². The van der Waals surface area contributed by atoms with Crippen LogP contribution in [-0.4, -0.2) is 32.0 Å². The van der Waals surface area contributed by atoms with Gasteiger partial charge in [0.2, 0.25) is 5.88 Å². The van der Waals surface area contributed by atoms with Crippen LogP contribution in [0.3, 0.4) is 0 Å². The van der Waals surface area contributed by atoms with Crippen LogP contribution in [-0.2, 0) is 15.8 Å². The number of ether oxygens (including phenoxy) is 1. The fourth-order valence-electron chi connectivity index (χ4n) is 2.60. The van der Waals surface area contributed by atoms with E-state index in [1.54, 1.807) is 18.5 Å². The Hall–Kier alpha value is -2.71. The molecule has 3 heterocycles. The summed E-state index contributed by atoms with van der Waals surface area (Å²) in [6.07, 6.45) is 4.61. The summed E-state index contributed by atoms with van der Waals surface area (Å²) in [5.41, 5.74) is 2.48. The van der Waals surface area contributed by atoms with Crippen LogP contribution in [0.2, 0.25) is 5.02 Å². The maximum absolute atomic E-state index is 11.9. The van der Waals surface area contributed by atoms with Crippen molar-refractivity contribution in [3.05, 3.63) is 47.8 Å². The van der Waals surface area contributed by atoms with Crippen LogP contribution in [0.1, 0.15) is 0 Å². The van der Waals surface area contributed by atoms with E-state index in [0.29, 0.717) is 15.9 Å². The van der Waals surface area contributed by atoms with Crippen LogP contribution < -0.4 is 9.46 Å². The minimum atomic E-state index is -1.60. The smallest absolute Gasteiger partial charge is 0.258 e. The zero-order valence-corrected chi connectivity index (χ0v) is 14.5. The first-order valence-corrected chi connectivity index (χ1v) is 8.72. The van der Waals surface area contributed by atoms with Gasteiger partial charge in [0.05, 0.1) is 18.8 Å². The summed E-state index contributed by atoms with van der Waals surface area (Å²) in [6.45, 7) is 0. The molecule has 1 aliphatic heterocycles. The van der Waals surface area contributed by atoms with Crippen LogP contribution in [0.15, 0.2) is 42.7 Å². The first-order valence-electron chi connectivity index (χ1n) is 7.19. The number of halogens is 1. The second kappa shape index (κ2) is 5.98. The summed E-state index contributed by atoms with van der Waals surface area (Å²) in [6, 6.07) is 7.42. The molecular formula is C16H11ClN4O3S. The molecule has 1 atom stereocenters.